The SMILES string of the molecule is C=CCCCn1cc(C)c2c(N)ncnc21.CC. The number of aromatic nitrogens is 3. The molecule has 2 N–H and O–H groups in total. The predicted molar refractivity (Wildman–Crippen MR) is 77.5 cm³/mol. The van der Waals surface area contributed by atoms with Crippen molar-refractivity contribution in [2.24, 2.45) is 0 Å². The van der Waals surface area contributed by atoms with Crippen LogP contribution < -0.4 is 5.73 Å². The molecular formula is C14H22N4. The molecule has 2 aromatic heterocycles. The molecule has 4 heteroatoms. The molecule has 0 amide bonds. The summed E-state index contributed by atoms with van der Waals surface area (Å²) in [4.78, 5) is 8.30. The van der Waals surface area contributed by atoms with Crippen LogP contribution in [-0.2, 0) is 6.54 Å². The molecule has 0 unspecified atom stereocenters. The fourth-order valence-corrected chi connectivity index (χ4v) is 1.92. The van der Waals surface area contributed by atoms with Crippen LogP contribution >= 0.6 is 0 Å². The molecule has 0 saturated heterocycles. The molecule has 0 aliphatic heterocycles. The molecule has 0 atom stereocenters. The Kier molecular flexibility index (Phi) is 5.36. The summed E-state index contributed by atoms with van der Waals surface area (Å²) in [7, 11) is 0. The maximum absolute atomic E-state index is 5.84. The van der Waals surface area contributed by atoms with Crippen LogP contribution in [0.25, 0.3) is 11.0 Å². The molecule has 0 aromatic carbocycles. The van der Waals surface area contributed by atoms with Crippen LogP contribution in [0.15, 0.2) is 25.2 Å². The maximum Gasteiger partial charge on any atom is 0.145 e. The Hall–Kier alpha value is -1.84. The lowest BCUT2D eigenvalue weighted by molar-refractivity contribution is 0.665. The zero-order chi connectivity index (χ0) is 13.5. The highest BCUT2D eigenvalue weighted by molar-refractivity contribution is 5.89. The first-order chi connectivity index (χ1) is 8.74. The first kappa shape index (κ1) is 14.2. The second kappa shape index (κ2) is 6.79. The van der Waals surface area contributed by atoms with Crippen LogP contribution in [0.1, 0.15) is 32.3 Å². The summed E-state index contributed by atoms with van der Waals surface area (Å²) in [5.41, 5.74) is 7.90. The Morgan fingerprint density at radius 2 is 2.11 bits per heavy atom. The van der Waals surface area contributed by atoms with E-state index in [4.69, 9.17) is 5.73 Å². The van der Waals surface area contributed by atoms with E-state index in [0.29, 0.717) is 5.82 Å². The molecule has 0 spiro atoms. The van der Waals surface area contributed by atoms with E-state index in [1.54, 1.807) is 0 Å². The first-order valence-corrected chi connectivity index (χ1v) is 6.41. The van der Waals surface area contributed by atoms with Gasteiger partial charge in [0.15, 0.2) is 0 Å². The number of anilines is 1. The van der Waals surface area contributed by atoms with Gasteiger partial charge in [-0.1, -0.05) is 19.9 Å². The van der Waals surface area contributed by atoms with Crippen molar-refractivity contribution in [3.05, 3.63) is 30.7 Å². The number of rotatable bonds is 4. The Bertz CT molecular complexity index is 514. The quantitative estimate of drug-likeness (QED) is 0.665. The molecule has 0 aliphatic carbocycles. The fourth-order valence-electron chi connectivity index (χ4n) is 1.92. The topological polar surface area (TPSA) is 56.7 Å². The van der Waals surface area contributed by atoms with Gasteiger partial charge in [0.25, 0.3) is 0 Å². The van der Waals surface area contributed by atoms with Gasteiger partial charge in [-0.05, 0) is 25.3 Å². The number of nitrogens with two attached hydrogens (primary N) is 1. The number of unbranched alkanes of at least 4 members (excludes halogenated alkanes) is 1. The lowest BCUT2D eigenvalue weighted by Crippen LogP contribution is -1.99. The first-order valence-electron chi connectivity index (χ1n) is 6.41. The predicted octanol–water partition coefficient (Wildman–Crippen LogP) is 3.31. The van der Waals surface area contributed by atoms with E-state index in [2.05, 4.69) is 27.3 Å². The van der Waals surface area contributed by atoms with Gasteiger partial charge < -0.3 is 10.3 Å². The lowest BCUT2D eigenvalue weighted by atomic mass is 10.2. The molecular weight excluding hydrogens is 224 g/mol. The Morgan fingerprint density at radius 3 is 2.78 bits per heavy atom. The summed E-state index contributed by atoms with van der Waals surface area (Å²) < 4.78 is 2.13. The average Bonchev–Trinajstić information content (AvgIpc) is 2.71. The van der Waals surface area contributed by atoms with Gasteiger partial charge in [-0.15, -0.1) is 6.58 Å². The van der Waals surface area contributed by atoms with Crippen molar-refractivity contribution in [2.45, 2.75) is 40.2 Å². The van der Waals surface area contributed by atoms with Crippen LogP contribution in [-0.4, -0.2) is 14.5 Å². The van der Waals surface area contributed by atoms with Gasteiger partial charge in [0.1, 0.15) is 17.8 Å². The second-order valence-electron chi connectivity index (χ2n) is 3.89. The number of hydrogen-bond acceptors (Lipinski definition) is 3. The van der Waals surface area contributed by atoms with Gasteiger partial charge >= 0.3 is 0 Å². The summed E-state index contributed by atoms with van der Waals surface area (Å²) in [6, 6.07) is 0. The van der Waals surface area contributed by atoms with Crippen molar-refractivity contribution in [3.8, 4) is 0 Å². The van der Waals surface area contributed by atoms with Gasteiger partial charge in [0.05, 0.1) is 5.39 Å². The summed E-state index contributed by atoms with van der Waals surface area (Å²) in [6.45, 7) is 10.7. The largest absolute Gasteiger partial charge is 0.383 e. The summed E-state index contributed by atoms with van der Waals surface area (Å²) >= 11 is 0. The van der Waals surface area contributed by atoms with Gasteiger partial charge in [0.2, 0.25) is 0 Å². The van der Waals surface area contributed by atoms with E-state index < -0.39 is 0 Å². The van der Waals surface area contributed by atoms with Crippen molar-refractivity contribution >= 4 is 16.9 Å². The molecule has 18 heavy (non-hydrogen) atoms. The maximum atomic E-state index is 5.84. The average molecular weight is 246 g/mol. The Balaban J connectivity index is 0.000000771. The van der Waals surface area contributed by atoms with E-state index in [1.807, 2.05) is 26.8 Å². The number of nitrogens with zero attached hydrogens (tertiary/aromatic N) is 3. The number of allylic oxidation sites excluding steroid dienone is 1. The van der Waals surface area contributed by atoms with Crippen LogP contribution in [0.3, 0.4) is 0 Å². The molecule has 2 aromatic rings. The molecule has 0 bridgehead atoms. The molecule has 4 nitrogen and oxygen atoms in total. The van der Waals surface area contributed by atoms with E-state index in [9.17, 15) is 0 Å². The number of nitrogen functional groups attached to an aromatic ring is 1. The van der Waals surface area contributed by atoms with Crippen LogP contribution in [0.4, 0.5) is 5.82 Å². The lowest BCUT2D eigenvalue weighted by Gasteiger charge is -2.02. The minimum Gasteiger partial charge on any atom is -0.383 e. The summed E-state index contributed by atoms with van der Waals surface area (Å²) in [5.74, 6) is 0.560. The van der Waals surface area contributed by atoms with Crippen LogP contribution in [0.5, 0.6) is 0 Å². The number of fused-ring (bicyclic) bond motifs is 1. The van der Waals surface area contributed by atoms with Crippen molar-refractivity contribution in [1.29, 1.82) is 0 Å². The minimum absolute atomic E-state index is 0.560. The molecule has 0 saturated carbocycles. The zero-order valence-corrected chi connectivity index (χ0v) is 11.5. The monoisotopic (exact) mass is 246 g/mol. The third-order valence-electron chi connectivity index (χ3n) is 2.68. The highest BCUT2D eigenvalue weighted by atomic mass is 15.1. The summed E-state index contributed by atoms with van der Waals surface area (Å²) in [6.07, 6.45) is 7.61. The van der Waals surface area contributed by atoms with Crippen LogP contribution in [0, 0.1) is 6.92 Å². The molecule has 2 rings (SSSR count). The second-order valence-corrected chi connectivity index (χ2v) is 3.89. The normalized spacial score (nSPS) is 9.94. The smallest absolute Gasteiger partial charge is 0.145 e. The Morgan fingerprint density at radius 1 is 1.39 bits per heavy atom. The highest BCUT2D eigenvalue weighted by Crippen LogP contribution is 2.23. The van der Waals surface area contributed by atoms with Gasteiger partial charge in [-0.3, -0.25) is 0 Å². The van der Waals surface area contributed by atoms with Gasteiger partial charge in [-0.25, -0.2) is 9.97 Å². The molecule has 0 aliphatic rings. The molecule has 0 radical (unpaired) electrons. The standard InChI is InChI=1S/C12H16N4.C2H6/c1-3-4-5-6-16-7-9(2)10-11(13)14-8-15-12(10)16;1-2/h3,7-8H,1,4-6H2,2H3,(H2,13,14,15);1-2H3. The van der Waals surface area contributed by atoms with Gasteiger partial charge in [0, 0.05) is 12.7 Å². The molecule has 0 fully saturated rings. The zero-order valence-electron chi connectivity index (χ0n) is 11.5. The highest BCUT2D eigenvalue weighted by Gasteiger charge is 2.09. The number of aryl methyl sites for hydroxylation is 2. The van der Waals surface area contributed by atoms with E-state index in [0.717, 1.165) is 36.0 Å². The van der Waals surface area contributed by atoms with E-state index in [1.165, 1.54) is 6.33 Å². The number of hydrogen-bond donors (Lipinski definition) is 1. The molecule has 2 heterocycles. The minimum atomic E-state index is 0.560. The van der Waals surface area contributed by atoms with Crippen molar-refractivity contribution in [2.75, 3.05) is 5.73 Å². The van der Waals surface area contributed by atoms with Crippen molar-refractivity contribution in [1.82, 2.24) is 14.5 Å². The van der Waals surface area contributed by atoms with E-state index in [-0.39, 0.29) is 0 Å². The fraction of sp³-hybridized carbons (Fsp3) is 0.429. The summed E-state index contributed by atoms with van der Waals surface area (Å²) in [5, 5.41) is 0.973. The third kappa shape index (κ3) is 2.88. The molecule has 98 valence electrons. The van der Waals surface area contributed by atoms with Crippen molar-refractivity contribution < 1.29 is 0 Å². The third-order valence-corrected chi connectivity index (χ3v) is 2.68. The van der Waals surface area contributed by atoms with E-state index >= 15 is 0 Å². The van der Waals surface area contributed by atoms with Gasteiger partial charge in [-0.2, -0.15) is 0 Å². The van der Waals surface area contributed by atoms with Crippen molar-refractivity contribution in [3.63, 3.8) is 0 Å². The van der Waals surface area contributed by atoms with Crippen LogP contribution in [0.2, 0.25) is 0 Å². The Labute approximate surface area is 109 Å².